The number of hydrogen-bond donors (Lipinski definition) is 2. The van der Waals surface area contributed by atoms with Gasteiger partial charge in [0.05, 0.1) is 13.2 Å². The zero-order valence-electron chi connectivity index (χ0n) is 9.89. The number of aryl methyl sites for hydroxylation is 1. The molecule has 96 valence electrons. The van der Waals surface area contributed by atoms with Gasteiger partial charge in [-0.3, -0.25) is 14.3 Å². The zero-order chi connectivity index (χ0) is 12.7. The summed E-state index contributed by atoms with van der Waals surface area (Å²) in [4.78, 5) is 34.6. The summed E-state index contributed by atoms with van der Waals surface area (Å²) in [5.74, 6) is 0.597. The summed E-state index contributed by atoms with van der Waals surface area (Å²) in [5.41, 5.74) is -0.225. The molecule has 8 nitrogen and oxygen atoms in total. The Morgan fingerprint density at radius 2 is 1.94 bits per heavy atom. The average molecular weight is 251 g/mol. The number of nitrogens with zero attached hydrogens (tertiary/aromatic N) is 3. The Morgan fingerprint density at radius 1 is 1.22 bits per heavy atom. The number of aromatic nitrogens is 4. The van der Waals surface area contributed by atoms with E-state index in [1.54, 1.807) is 7.05 Å². The Kier molecular flexibility index (Phi) is 2.44. The highest BCUT2D eigenvalue weighted by molar-refractivity contribution is 5.72. The van der Waals surface area contributed by atoms with Crippen LogP contribution in [0.1, 0.15) is 0 Å². The highest BCUT2D eigenvalue weighted by Gasteiger charge is 2.17. The Bertz CT molecular complexity index is 692. The molecular weight excluding hydrogens is 238 g/mol. The minimum atomic E-state index is -0.465. The average Bonchev–Trinajstić information content (AvgIpc) is 2.83. The summed E-state index contributed by atoms with van der Waals surface area (Å²) in [6.45, 7) is 2.69. The maximum Gasteiger partial charge on any atom is 0.329 e. The van der Waals surface area contributed by atoms with Gasteiger partial charge in [-0.25, -0.2) is 4.79 Å². The zero-order valence-corrected chi connectivity index (χ0v) is 9.89. The van der Waals surface area contributed by atoms with E-state index in [0.717, 1.165) is 0 Å². The maximum atomic E-state index is 11.7. The molecule has 3 heterocycles. The molecule has 1 aliphatic rings. The highest BCUT2D eigenvalue weighted by atomic mass is 16.5. The van der Waals surface area contributed by atoms with Crippen molar-refractivity contribution in [1.29, 1.82) is 0 Å². The van der Waals surface area contributed by atoms with E-state index in [4.69, 9.17) is 4.74 Å². The molecule has 2 aromatic heterocycles. The van der Waals surface area contributed by atoms with Gasteiger partial charge in [-0.15, -0.1) is 0 Å². The number of H-pyrrole nitrogens is 2. The van der Waals surface area contributed by atoms with E-state index in [1.165, 1.54) is 4.57 Å². The predicted molar refractivity (Wildman–Crippen MR) is 65.0 cm³/mol. The van der Waals surface area contributed by atoms with Gasteiger partial charge in [0.2, 0.25) is 5.95 Å². The third-order valence-corrected chi connectivity index (χ3v) is 3.05. The van der Waals surface area contributed by atoms with Crippen LogP contribution in [-0.2, 0) is 11.8 Å². The van der Waals surface area contributed by atoms with Crippen LogP contribution in [0.25, 0.3) is 11.2 Å². The Labute approximate surface area is 101 Å². The van der Waals surface area contributed by atoms with Crippen molar-refractivity contribution in [2.45, 2.75) is 0 Å². The molecule has 1 fully saturated rings. The first-order chi connectivity index (χ1) is 8.66. The van der Waals surface area contributed by atoms with E-state index in [-0.39, 0.29) is 0 Å². The van der Waals surface area contributed by atoms with Crippen molar-refractivity contribution in [1.82, 2.24) is 19.5 Å². The molecule has 0 bridgehead atoms. The molecule has 0 radical (unpaired) electrons. The van der Waals surface area contributed by atoms with Gasteiger partial charge >= 0.3 is 5.69 Å². The summed E-state index contributed by atoms with van der Waals surface area (Å²) in [7, 11) is 1.57. The van der Waals surface area contributed by atoms with E-state index >= 15 is 0 Å². The maximum absolute atomic E-state index is 11.7. The molecule has 1 saturated heterocycles. The number of rotatable bonds is 1. The second kappa shape index (κ2) is 3.98. The van der Waals surface area contributed by atoms with Crippen molar-refractivity contribution in [3.8, 4) is 0 Å². The van der Waals surface area contributed by atoms with E-state index < -0.39 is 11.2 Å². The summed E-state index contributed by atoms with van der Waals surface area (Å²) in [5, 5.41) is 0. The standard InChI is InChI=1S/C10H13N5O3/c1-14-7-6(8(16)13-10(14)17)11-9(12-7)15-2-4-18-5-3-15/h2-5H2,1H3,(H,11,12)(H,13,16,17). The summed E-state index contributed by atoms with van der Waals surface area (Å²) >= 11 is 0. The number of anilines is 1. The molecule has 18 heavy (non-hydrogen) atoms. The minimum absolute atomic E-state index is 0.318. The number of fused-ring (bicyclic) bond motifs is 1. The smallest absolute Gasteiger partial charge is 0.329 e. The van der Waals surface area contributed by atoms with Gasteiger partial charge in [0.15, 0.2) is 11.2 Å². The lowest BCUT2D eigenvalue weighted by atomic mass is 10.4. The Balaban J connectivity index is 2.16. The monoisotopic (exact) mass is 251 g/mol. The lowest BCUT2D eigenvalue weighted by Crippen LogP contribution is -2.36. The first kappa shape index (κ1) is 11.0. The summed E-state index contributed by atoms with van der Waals surface area (Å²) < 4.78 is 6.57. The second-order valence-electron chi connectivity index (χ2n) is 4.18. The van der Waals surface area contributed by atoms with Gasteiger partial charge < -0.3 is 14.6 Å². The first-order valence-corrected chi connectivity index (χ1v) is 5.68. The van der Waals surface area contributed by atoms with Crippen molar-refractivity contribution in [3.63, 3.8) is 0 Å². The van der Waals surface area contributed by atoms with Crippen LogP contribution in [0.4, 0.5) is 5.95 Å². The molecule has 2 N–H and O–H groups in total. The van der Waals surface area contributed by atoms with Crippen LogP contribution in [-0.4, -0.2) is 45.8 Å². The lowest BCUT2D eigenvalue weighted by molar-refractivity contribution is 0.122. The van der Waals surface area contributed by atoms with Gasteiger partial charge in [0, 0.05) is 20.1 Å². The van der Waals surface area contributed by atoms with Gasteiger partial charge in [0.1, 0.15) is 0 Å². The fraction of sp³-hybridized carbons (Fsp3) is 0.500. The molecule has 3 rings (SSSR count). The van der Waals surface area contributed by atoms with Crippen LogP contribution in [0.5, 0.6) is 0 Å². The van der Waals surface area contributed by atoms with Crippen LogP contribution >= 0.6 is 0 Å². The molecule has 0 atom stereocenters. The Morgan fingerprint density at radius 3 is 2.67 bits per heavy atom. The molecule has 1 aliphatic heterocycles. The fourth-order valence-corrected chi connectivity index (χ4v) is 2.02. The number of morpholine rings is 1. The van der Waals surface area contributed by atoms with E-state index in [9.17, 15) is 9.59 Å². The summed E-state index contributed by atoms with van der Waals surface area (Å²) in [6.07, 6.45) is 0. The molecule has 0 unspecified atom stereocenters. The van der Waals surface area contributed by atoms with Gasteiger partial charge in [-0.05, 0) is 0 Å². The van der Waals surface area contributed by atoms with Gasteiger partial charge in [-0.2, -0.15) is 4.98 Å². The number of imidazole rings is 1. The topological polar surface area (TPSA) is 96.0 Å². The fourth-order valence-electron chi connectivity index (χ4n) is 2.02. The van der Waals surface area contributed by atoms with E-state index in [1.807, 2.05) is 4.90 Å². The van der Waals surface area contributed by atoms with Crippen LogP contribution in [0.3, 0.4) is 0 Å². The van der Waals surface area contributed by atoms with Gasteiger partial charge in [0.25, 0.3) is 5.56 Å². The number of aromatic amines is 2. The van der Waals surface area contributed by atoms with Crippen LogP contribution in [0, 0.1) is 0 Å². The van der Waals surface area contributed by atoms with Crippen LogP contribution in [0.2, 0.25) is 0 Å². The molecule has 0 aromatic carbocycles. The third-order valence-electron chi connectivity index (χ3n) is 3.05. The van der Waals surface area contributed by atoms with E-state index in [2.05, 4.69) is 15.0 Å². The van der Waals surface area contributed by atoms with Crippen molar-refractivity contribution in [2.75, 3.05) is 31.2 Å². The van der Waals surface area contributed by atoms with Crippen LogP contribution in [0.15, 0.2) is 9.59 Å². The number of nitrogens with one attached hydrogen (secondary N) is 2. The summed E-state index contributed by atoms with van der Waals surface area (Å²) in [6, 6.07) is 0. The normalized spacial score (nSPS) is 16.4. The molecular formula is C10H13N5O3. The van der Waals surface area contributed by atoms with Crippen molar-refractivity contribution in [2.24, 2.45) is 7.05 Å². The number of hydrogen-bond acceptors (Lipinski definition) is 5. The number of ether oxygens (including phenoxy) is 1. The lowest BCUT2D eigenvalue weighted by Gasteiger charge is -2.25. The van der Waals surface area contributed by atoms with Crippen LogP contribution < -0.4 is 16.1 Å². The minimum Gasteiger partial charge on any atom is -0.378 e. The largest absolute Gasteiger partial charge is 0.378 e. The highest BCUT2D eigenvalue weighted by Crippen LogP contribution is 2.14. The third kappa shape index (κ3) is 1.61. The molecule has 8 heteroatoms. The van der Waals surface area contributed by atoms with E-state index in [0.29, 0.717) is 43.4 Å². The van der Waals surface area contributed by atoms with Crippen molar-refractivity contribution in [3.05, 3.63) is 20.8 Å². The molecule has 2 aromatic rings. The predicted octanol–water partition coefficient (Wildman–Crippen LogP) is -1.21. The van der Waals surface area contributed by atoms with Crippen molar-refractivity contribution < 1.29 is 4.74 Å². The Hall–Kier alpha value is -2.09. The quantitative estimate of drug-likeness (QED) is 0.662. The van der Waals surface area contributed by atoms with Gasteiger partial charge in [-0.1, -0.05) is 0 Å². The first-order valence-electron chi connectivity index (χ1n) is 5.68. The second-order valence-corrected chi connectivity index (χ2v) is 4.18. The van der Waals surface area contributed by atoms with Crippen molar-refractivity contribution >= 4 is 17.1 Å². The SMILES string of the molecule is Cn1c(=O)[nH]c(=O)c2[nH]c(N3CCOCC3)nc21. The molecule has 0 aliphatic carbocycles. The molecule has 0 amide bonds. The molecule has 0 spiro atoms. The molecule has 0 saturated carbocycles.